The third-order valence-electron chi connectivity index (χ3n) is 5.68. The SMILES string of the molecule is CN(C)c1cccc(CNC(=O)C2CC3CCCC(C2)C3N)c1.Cl.Cl. The van der Waals surface area contributed by atoms with Crippen LogP contribution in [0.25, 0.3) is 0 Å². The molecule has 0 heterocycles. The van der Waals surface area contributed by atoms with Gasteiger partial charge in [0.2, 0.25) is 5.91 Å². The van der Waals surface area contributed by atoms with E-state index in [-0.39, 0.29) is 36.6 Å². The minimum atomic E-state index is 0. The van der Waals surface area contributed by atoms with Crippen LogP contribution in [0.1, 0.15) is 37.7 Å². The highest BCUT2D eigenvalue weighted by molar-refractivity contribution is 5.85. The lowest BCUT2D eigenvalue weighted by Crippen LogP contribution is -2.49. The van der Waals surface area contributed by atoms with Crippen LogP contribution in [0.2, 0.25) is 0 Å². The maximum atomic E-state index is 12.6. The first-order chi connectivity index (χ1) is 11.0. The maximum absolute atomic E-state index is 12.6. The number of rotatable bonds is 4. The van der Waals surface area contributed by atoms with E-state index in [0.29, 0.717) is 24.4 Å². The Hall–Kier alpha value is -0.970. The summed E-state index contributed by atoms with van der Waals surface area (Å²) in [7, 11) is 4.06. The molecule has 0 saturated heterocycles. The molecule has 0 spiro atoms. The van der Waals surface area contributed by atoms with E-state index in [9.17, 15) is 4.79 Å². The van der Waals surface area contributed by atoms with Crippen LogP contribution in [0.15, 0.2) is 24.3 Å². The standard InChI is InChI=1S/C19H29N3O.2ClH/c1-22(2)17-8-3-5-13(9-17)12-21-19(23)16-10-14-6-4-7-15(11-16)18(14)20;;/h3,5,8-9,14-16,18H,4,6-7,10-12,20H2,1-2H3,(H,21,23);2*1H. The molecule has 3 rings (SSSR count). The lowest BCUT2D eigenvalue weighted by Gasteiger charge is -2.43. The summed E-state index contributed by atoms with van der Waals surface area (Å²) in [6, 6.07) is 8.64. The fourth-order valence-electron chi connectivity index (χ4n) is 4.28. The van der Waals surface area contributed by atoms with Crippen molar-refractivity contribution in [1.82, 2.24) is 5.32 Å². The van der Waals surface area contributed by atoms with Crippen molar-refractivity contribution in [3.63, 3.8) is 0 Å². The van der Waals surface area contributed by atoms with E-state index < -0.39 is 0 Å². The molecule has 0 aromatic heterocycles. The van der Waals surface area contributed by atoms with E-state index in [1.165, 1.54) is 19.3 Å². The molecular formula is C19H31Cl2N3O. The molecule has 2 bridgehead atoms. The number of hydrogen-bond donors (Lipinski definition) is 2. The number of fused-ring (bicyclic) bond motifs is 2. The highest BCUT2D eigenvalue weighted by atomic mass is 35.5. The molecular weight excluding hydrogens is 357 g/mol. The van der Waals surface area contributed by atoms with E-state index in [1.54, 1.807) is 0 Å². The van der Waals surface area contributed by atoms with Gasteiger partial charge < -0.3 is 16.0 Å². The molecule has 25 heavy (non-hydrogen) atoms. The van der Waals surface area contributed by atoms with Gasteiger partial charge in [-0.05, 0) is 55.2 Å². The van der Waals surface area contributed by atoms with Crippen molar-refractivity contribution >= 4 is 36.4 Å². The van der Waals surface area contributed by atoms with E-state index in [1.807, 2.05) is 20.2 Å². The van der Waals surface area contributed by atoms with Crippen LogP contribution in [0, 0.1) is 17.8 Å². The fraction of sp³-hybridized carbons (Fsp3) is 0.632. The number of halogens is 2. The van der Waals surface area contributed by atoms with Gasteiger partial charge in [0.1, 0.15) is 0 Å². The second-order valence-electron chi connectivity index (χ2n) is 7.48. The molecule has 2 saturated carbocycles. The Labute approximate surface area is 163 Å². The predicted octanol–water partition coefficient (Wildman–Crippen LogP) is 3.37. The normalized spacial score (nSPS) is 27.5. The monoisotopic (exact) mass is 387 g/mol. The van der Waals surface area contributed by atoms with Crippen molar-refractivity contribution in [1.29, 1.82) is 0 Å². The summed E-state index contributed by atoms with van der Waals surface area (Å²) in [6.07, 6.45) is 5.63. The average molecular weight is 388 g/mol. The molecule has 0 aliphatic heterocycles. The molecule has 1 amide bonds. The summed E-state index contributed by atoms with van der Waals surface area (Å²) in [6.45, 7) is 0.610. The number of benzene rings is 1. The highest BCUT2D eigenvalue weighted by Crippen LogP contribution is 2.41. The van der Waals surface area contributed by atoms with Crippen molar-refractivity contribution < 1.29 is 4.79 Å². The van der Waals surface area contributed by atoms with E-state index in [4.69, 9.17) is 5.73 Å². The van der Waals surface area contributed by atoms with Crippen LogP contribution in [-0.2, 0) is 11.3 Å². The number of carbonyl (C=O) groups excluding carboxylic acids is 1. The molecule has 4 nitrogen and oxygen atoms in total. The number of hydrogen-bond acceptors (Lipinski definition) is 3. The molecule has 2 fully saturated rings. The number of anilines is 1. The van der Waals surface area contributed by atoms with Crippen LogP contribution >= 0.6 is 24.8 Å². The maximum Gasteiger partial charge on any atom is 0.223 e. The van der Waals surface area contributed by atoms with Crippen LogP contribution in [0.4, 0.5) is 5.69 Å². The van der Waals surface area contributed by atoms with Crippen LogP contribution in [-0.4, -0.2) is 26.0 Å². The summed E-state index contributed by atoms with van der Waals surface area (Å²) in [5.41, 5.74) is 8.63. The van der Waals surface area contributed by atoms with Gasteiger partial charge in [-0.1, -0.05) is 18.6 Å². The largest absolute Gasteiger partial charge is 0.378 e. The van der Waals surface area contributed by atoms with E-state index in [0.717, 1.165) is 24.1 Å². The number of nitrogens with zero attached hydrogens (tertiary/aromatic N) is 1. The van der Waals surface area contributed by atoms with Gasteiger partial charge in [0.25, 0.3) is 0 Å². The number of nitrogens with one attached hydrogen (secondary N) is 1. The van der Waals surface area contributed by atoms with Gasteiger partial charge in [-0.15, -0.1) is 24.8 Å². The van der Waals surface area contributed by atoms with Gasteiger partial charge in [-0.2, -0.15) is 0 Å². The number of carbonyl (C=O) groups is 1. The first kappa shape index (κ1) is 22.1. The second-order valence-corrected chi connectivity index (χ2v) is 7.48. The zero-order valence-corrected chi connectivity index (χ0v) is 16.7. The molecule has 142 valence electrons. The van der Waals surface area contributed by atoms with Gasteiger partial charge in [0, 0.05) is 38.3 Å². The predicted molar refractivity (Wildman–Crippen MR) is 109 cm³/mol. The summed E-state index contributed by atoms with van der Waals surface area (Å²) in [5.74, 6) is 1.47. The third-order valence-corrected chi connectivity index (χ3v) is 5.68. The molecule has 1 aromatic carbocycles. The first-order valence-electron chi connectivity index (χ1n) is 8.84. The van der Waals surface area contributed by atoms with Crippen molar-refractivity contribution in [2.75, 3.05) is 19.0 Å². The van der Waals surface area contributed by atoms with Crippen LogP contribution in [0.3, 0.4) is 0 Å². The Morgan fingerprint density at radius 1 is 1.20 bits per heavy atom. The van der Waals surface area contributed by atoms with Crippen molar-refractivity contribution in [3.05, 3.63) is 29.8 Å². The topological polar surface area (TPSA) is 58.4 Å². The Morgan fingerprint density at radius 3 is 2.44 bits per heavy atom. The molecule has 6 heteroatoms. The van der Waals surface area contributed by atoms with Gasteiger partial charge in [-0.25, -0.2) is 0 Å². The Kier molecular flexibility index (Phi) is 8.52. The van der Waals surface area contributed by atoms with Crippen LogP contribution in [0.5, 0.6) is 0 Å². The van der Waals surface area contributed by atoms with Crippen molar-refractivity contribution in [3.8, 4) is 0 Å². The Balaban J connectivity index is 0.00000156. The Bertz CT molecular complexity index is 553. The second kappa shape index (κ2) is 9.65. The molecule has 2 atom stereocenters. The van der Waals surface area contributed by atoms with E-state index in [2.05, 4.69) is 28.4 Å². The van der Waals surface area contributed by atoms with Crippen molar-refractivity contribution in [2.45, 2.75) is 44.7 Å². The van der Waals surface area contributed by atoms with Gasteiger partial charge >= 0.3 is 0 Å². The van der Waals surface area contributed by atoms with Crippen LogP contribution < -0.4 is 16.0 Å². The van der Waals surface area contributed by atoms with Gasteiger partial charge in [0.05, 0.1) is 0 Å². The molecule has 2 unspecified atom stereocenters. The minimum absolute atomic E-state index is 0. The smallest absolute Gasteiger partial charge is 0.223 e. The molecule has 3 N–H and O–H groups in total. The zero-order valence-electron chi connectivity index (χ0n) is 15.1. The number of amides is 1. The lowest BCUT2D eigenvalue weighted by atomic mass is 9.65. The van der Waals surface area contributed by atoms with Gasteiger partial charge in [-0.3, -0.25) is 4.79 Å². The fourth-order valence-corrected chi connectivity index (χ4v) is 4.28. The van der Waals surface area contributed by atoms with Gasteiger partial charge in [0.15, 0.2) is 0 Å². The molecule has 2 aliphatic rings. The minimum Gasteiger partial charge on any atom is -0.378 e. The molecule has 1 aromatic rings. The summed E-state index contributed by atoms with van der Waals surface area (Å²) < 4.78 is 0. The van der Waals surface area contributed by atoms with Crippen molar-refractivity contribution in [2.24, 2.45) is 23.5 Å². The highest BCUT2D eigenvalue weighted by Gasteiger charge is 2.40. The zero-order chi connectivity index (χ0) is 16.4. The summed E-state index contributed by atoms with van der Waals surface area (Å²) in [4.78, 5) is 14.6. The summed E-state index contributed by atoms with van der Waals surface area (Å²) >= 11 is 0. The third kappa shape index (κ3) is 5.25. The number of nitrogens with two attached hydrogens (primary N) is 1. The van der Waals surface area contributed by atoms with E-state index >= 15 is 0 Å². The molecule has 0 radical (unpaired) electrons. The average Bonchev–Trinajstić information content (AvgIpc) is 2.52. The molecule has 2 aliphatic carbocycles. The quantitative estimate of drug-likeness (QED) is 0.832. The lowest BCUT2D eigenvalue weighted by molar-refractivity contribution is -0.128. The first-order valence-corrected chi connectivity index (χ1v) is 8.84. The Morgan fingerprint density at radius 2 is 1.84 bits per heavy atom. The summed E-state index contributed by atoms with van der Waals surface area (Å²) in [5, 5.41) is 3.14.